The van der Waals surface area contributed by atoms with Gasteiger partial charge in [0.2, 0.25) is 0 Å². The van der Waals surface area contributed by atoms with Crippen molar-refractivity contribution in [3.8, 4) is 16.9 Å². The zero-order valence-electron chi connectivity index (χ0n) is 22.2. The van der Waals surface area contributed by atoms with Gasteiger partial charge in [-0.25, -0.2) is 13.9 Å². The SMILES string of the molecule is CCc1cccc(CC)c1-n1nc2c(c1-c1ccc(NC(N)=O)c(F)c1)CN(C(C)C1CCCC1)CC2. The highest BCUT2D eigenvalue weighted by atomic mass is 19.1. The molecule has 196 valence electrons. The van der Waals surface area contributed by atoms with Crippen LogP contribution in [0.5, 0.6) is 0 Å². The number of amides is 2. The molecule has 3 aromatic rings. The molecule has 6 nitrogen and oxygen atoms in total. The third-order valence-electron chi connectivity index (χ3n) is 8.40. The van der Waals surface area contributed by atoms with Crippen LogP contribution < -0.4 is 11.1 Å². The van der Waals surface area contributed by atoms with Gasteiger partial charge in [0.15, 0.2) is 0 Å². The number of aryl methyl sites for hydroxylation is 2. The number of primary amides is 1. The van der Waals surface area contributed by atoms with Crippen LogP contribution in [0.3, 0.4) is 0 Å². The van der Waals surface area contributed by atoms with Gasteiger partial charge in [-0.15, -0.1) is 0 Å². The van der Waals surface area contributed by atoms with Crippen LogP contribution in [0.25, 0.3) is 16.9 Å². The van der Waals surface area contributed by atoms with Gasteiger partial charge in [-0.2, -0.15) is 5.10 Å². The Morgan fingerprint density at radius 2 is 1.86 bits per heavy atom. The standard InChI is InChI=1S/C30H38FN5O/c1-4-20-11-8-12-21(5-2)28(20)36-29(23-13-14-27(25(31)17-23)33-30(32)37)24-18-35(16-15-26(24)34-36)19(3)22-9-6-7-10-22/h8,11-14,17,19,22H,4-7,9-10,15-16,18H2,1-3H3,(H3,32,33,37). The number of halogens is 1. The van der Waals surface area contributed by atoms with E-state index in [9.17, 15) is 4.79 Å². The molecule has 2 amide bonds. The zero-order valence-corrected chi connectivity index (χ0v) is 22.2. The van der Waals surface area contributed by atoms with E-state index in [0.717, 1.165) is 60.9 Å². The Morgan fingerprint density at radius 1 is 1.16 bits per heavy atom. The average molecular weight is 504 g/mol. The molecule has 2 aromatic carbocycles. The van der Waals surface area contributed by atoms with Crippen LogP contribution >= 0.6 is 0 Å². The lowest BCUT2D eigenvalue weighted by atomic mass is 9.94. The van der Waals surface area contributed by atoms with Crippen molar-refractivity contribution in [2.75, 3.05) is 11.9 Å². The Kier molecular flexibility index (Phi) is 7.33. The molecule has 1 fully saturated rings. The molecule has 2 aliphatic rings. The fourth-order valence-corrected chi connectivity index (χ4v) is 6.32. The summed E-state index contributed by atoms with van der Waals surface area (Å²) in [6, 6.07) is 11.1. The molecule has 1 unspecified atom stereocenters. The molecule has 0 saturated heterocycles. The maximum Gasteiger partial charge on any atom is 0.316 e. The minimum atomic E-state index is -0.782. The van der Waals surface area contributed by atoms with Gasteiger partial charge in [0.1, 0.15) is 5.82 Å². The van der Waals surface area contributed by atoms with Crippen molar-refractivity contribution in [2.24, 2.45) is 11.7 Å². The first kappa shape index (κ1) is 25.5. The number of anilines is 1. The van der Waals surface area contributed by atoms with Gasteiger partial charge in [-0.3, -0.25) is 4.90 Å². The third-order valence-corrected chi connectivity index (χ3v) is 8.40. The average Bonchev–Trinajstić information content (AvgIpc) is 3.56. The van der Waals surface area contributed by atoms with Gasteiger partial charge in [0.05, 0.1) is 22.8 Å². The second kappa shape index (κ2) is 10.7. The van der Waals surface area contributed by atoms with E-state index in [0.29, 0.717) is 6.04 Å². The minimum absolute atomic E-state index is 0.0795. The molecule has 37 heavy (non-hydrogen) atoms. The highest BCUT2D eigenvalue weighted by Gasteiger charge is 2.33. The number of urea groups is 1. The monoisotopic (exact) mass is 503 g/mol. The number of nitrogens with one attached hydrogen (secondary N) is 1. The molecule has 1 aromatic heterocycles. The molecule has 3 N–H and O–H groups in total. The van der Waals surface area contributed by atoms with Crippen LogP contribution in [0, 0.1) is 11.7 Å². The summed E-state index contributed by atoms with van der Waals surface area (Å²) in [6.07, 6.45) is 7.92. The van der Waals surface area contributed by atoms with Crippen LogP contribution in [0.1, 0.15) is 68.8 Å². The Labute approximate surface area is 219 Å². The highest BCUT2D eigenvalue weighted by molar-refractivity contribution is 5.88. The summed E-state index contributed by atoms with van der Waals surface area (Å²) in [7, 11) is 0. The number of aromatic nitrogens is 2. The molecule has 1 atom stereocenters. The summed E-state index contributed by atoms with van der Waals surface area (Å²) >= 11 is 0. The van der Waals surface area contributed by atoms with Gasteiger partial charge in [-0.05, 0) is 61.8 Å². The van der Waals surface area contributed by atoms with Gasteiger partial charge in [-0.1, -0.05) is 51.0 Å². The van der Waals surface area contributed by atoms with Crippen LogP contribution in [0.4, 0.5) is 14.9 Å². The Morgan fingerprint density at radius 3 is 2.49 bits per heavy atom. The van der Waals surface area contributed by atoms with E-state index in [2.05, 4.69) is 53.9 Å². The lowest BCUT2D eigenvalue weighted by Gasteiger charge is -2.35. The second-order valence-corrected chi connectivity index (χ2v) is 10.5. The number of hydrogen-bond donors (Lipinski definition) is 2. The van der Waals surface area contributed by atoms with Gasteiger partial charge in [0.25, 0.3) is 0 Å². The van der Waals surface area contributed by atoms with Gasteiger partial charge in [0, 0.05) is 36.7 Å². The molecule has 1 aliphatic carbocycles. The van der Waals surface area contributed by atoms with E-state index in [-0.39, 0.29) is 5.69 Å². The topological polar surface area (TPSA) is 76.2 Å². The number of para-hydroxylation sites is 1. The summed E-state index contributed by atoms with van der Waals surface area (Å²) in [4.78, 5) is 13.9. The van der Waals surface area contributed by atoms with E-state index in [4.69, 9.17) is 10.8 Å². The lowest BCUT2D eigenvalue weighted by molar-refractivity contribution is 0.140. The number of rotatable bonds is 7. The van der Waals surface area contributed by atoms with Crippen molar-refractivity contribution >= 4 is 11.7 Å². The summed E-state index contributed by atoms with van der Waals surface area (Å²) < 4.78 is 17.2. The van der Waals surface area contributed by atoms with Gasteiger partial charge >= 0.3 is 6.03 Å². The summed E-state index contributed by atoms with van der Waals surface area (Å²) in [6.45, 7) is 8.50. The molecule has 0 spiro atoms. The van der Waals surface area contributed by atoms with Crippen molar-refractivity contribution in [3.05, 3.63) is 64.6 Å². The molecule has 7 heteroatoms. The van der Waals surface area contributed by atoms with E-state index < -0.39 is 11.8 Å². The first-order chi connectivity index (χ1) is 17.9. The van der Waals surface area contributed by atoms with Crippen molar-refractivity contribution in [2.45, 2.75) is 78.3 Å². The summed E-state index contributed by atoms with van der Waals surface area (Å²) in [5, 5.41) is 7.56. The van der Waals surface area contributed by atoms with E-state index in [1.54, 1.807) is 6.07 Å². The first-order valence-electron chi connectivity index (χ1n) is 13.7. The maximum atomic E-state index is 15.2. The number of nitrogens with two attached hydrogens (primary N) is 1. The van der Waals surface area contributed by atoms with Crippen LogP contribution in [-0.2, 0) is 25.8 Å². The quantitative estimate of drug-likeness (QED) is 0.401. The fraction of sp³-hybridized carbons (Fsp3) is 0.467. The number of nitrogens with zero attached hydrogens (tertiary/aromatic N) is 3. The van der Waals surface area contributed by atoms with E-state index in [1.807, 2.05) is 6.07 Å². The summed E-state index contributed by atoms with van der Waals surface area (Å²) in [5.74, 6) is 0.230. The Hall–Kier alpha value is -3.19. The highest BCUT2D eigenvalue weighted by Crippen LogP contribution is 2.38. The first-order valence-corrected chi connectivity index (χ1v) is 13.7. The molecule has 0 bridgehead atoms. The second-order valence-electron chi connectivity index (χ2n) is 10.5. The third kappa shape index (κ3) is 4.89. The minimum Gasteiger partial charge on any atom is -0.351 e. The van der Waals surface area contributed by atoms with Crippen molar-refractivity contribution in [3.63, 3.8) is 0 Å². The number of hydrogen-bond acceptors (Lipinski definition) is 3. The van der Waals surface area contributed by atoms with E-state index >= 15 is 4.39 Å². The smallest absolute Gasteiger partial charge is 0.316 e. The predicted molar refractivity (Wildman–Crippen MR) is 146 cm³/mol. The molecule has 0 radical (unpaired) electrons. The van der Waals surface area contributed by atoms with Crippen molar-refractivity contribution < 1.29 is 9.18 Å². The summed E-state index contributed by atoms with van der Waals surface area (Å²) in [5.41, 5.74) is 12.8. The van der Waals surface area contributed by atoms with Crippen LogP contribution in [-0.4, -0.2) is 33.3 Å². The van der Waals surface area contributed by atoms with Crippen LogP contribution in [0.2, 0.25) is 0 Å². The zero-order chi connectivity index (χ0) is 26.1. The maximum absolute atomic E-state index is 15.2. The predicted octanol–water partition coefficient (Wildman–Crippen LogP) is 6.23. The number of benzene rings is 2. The fourth-order valence-electron chi connectivity index (χ4n) is 6.32. The van der Waals surface area contributed by atoms with Gasteiger partial charge < -0.3 is 11.1 Å². The number of fused-ring (bicyclic) bond motifs is 1. The molecule has 5 rings (SSSR count). The lowest BCUT2D eigenvalue weighted by Crippen LogP contribution is -2.41. The van der Waals surface area contributed by atoms with Crippen molar-refractivity contribution in [1.29, 1.82) is 0 Å². The molecular formula is C30H38FN5O. The number of carbonyl (C=O) groups excluding carboxylic acids is 1. The molecular weight excluding hydrogens is 465 g/mol. The normalized spacial score (nSPS) is 17.1. The number of carbonyl (C=O) groups is 1. The molecule has 2 heterocycles. The largest absolute Gasteiger partial charge is 0.351 e. The Bertz CT molecular complexity index is 1270. The van der Waals surface area contributed by atoms with Crippen LogP contribution in [0.15, 0.2) is 36.4 Å². The molecule has 1 aliphatic heterocycles. The van der Waals surface area contributed by atoms with Crippen molar-refractivity contribution in [1.82, 2.24) is 14.7 Å². The molecule has 1 saturated carbocycles. The Balaban J connectivity index is 1.65. The van der Waals surface area contributed by atoms with E-state index in [1.165, 1.54) is 48.4 Å².